The molecule has 176 valence electrons. The highest BCUT2D eigenvalue weighted by Crippen LogP contribution is 2.35. The maximum absolute atomic E-state index is 14.2. The van der Waals surface area contributed by atoms with Crippen LogP contribution in [0.5, 0.6) is 11.8 Å². The van der Waals surface area contributed by atoms with Crippen LogP contribution >= 0.6 is 11.3 Å². The van der Waals surface area contributed by atoms with Crippen LogP contribution in [0.2, 0.25) is 0 Å². The number of ether oxygens (including phenoxy) is 2. The predicted molar refractivity (Wildman–Crippen MR) is 123 cm³/mol. The van der Waals surface area contributed by atoms with E-state index in [1.807, 2.05) is 5.38 Å². The summed E-state index contributed by atoms with van der Waals surface area (Å²) >= 11 is 1.58. The van der Waals surface area contributed by atoms with Gasteiger partial charge in [-0.3, -0.25) is 0 Å². The molecule has 33 heavy (non-hydrogen) atoms. The van der Waals surface area contributed by atoms with Crippen molar-refractivity contribution in [1.29, 1.82) is 0 Å². The van der Waals surface area contributed by atoms with Crippen LogP contribution in [0.25, 0.3) is 0 Å². The van der Waals surface area contributed by atoms with Gasteiger partial charge in [-0.1, -0.05) is 6.92 Å². The number of halogens is 1. The number of rotatable bonds is 8. The number of hydrogen-bond donors (Lipinski definition) is 0. The Morgan fingerprint density at radius 1 is 1.15 bits per heavy atom. The van der Waals surface area contributed by atoms with Gasteiger partial charge >= 0.3 is 6.01 Å². The Hall–Kier alpha value is -2.59. The number of aromatic nitrogens is 3. The second kappa shape index (κ2) is 10.1. The third-order valence-electron chi connectivity index (χ3n) is 5.66. The smallest absolute Gasteiger partial charge is 0.316 e. The van der Waals surface area contributed by atoms with Crippen LogP contribution in [-0.2, 0) is 22.9 Å². The molecule has 0 bridgehead atoms. The Kier molecular flexibility index (Phi) is 7.23. The van der Waals surface area contributed by atoms with E-state index in [1.165, 1.54) is 12.1 Å². The van der Waals surface area contributed by atoms with Gasteiger partial charge in [-0.15, -0.1) is 11.3 Å². The SMILES string of the molecule is CCc1cnc(O[C@H]2CC[C@H](c3nc(COc4ccc(S(C)(=O)=O)cc4F)cs3)CC2)nc1. The van der Waals surface area contributed by atoms with Gasteiger partial charge in [0.25, 0.3) is 0 Å². The van der Waals surface area contributed by atoms with Crippen molar-refractivity contribution in [2.24, 2.45) is 0 Å². The lowest BCUT2D eigenvalue weighted by Gasteiger charge is -2.27. The summed E-state index contributed by atoms with van der Waals surface area (Å²) in [5.41, 5.74) is 1.81. The minimum atomic E-state index is -3.47. The fourth-order valence-corrected chi connectivity index (χ4v) is 5.33. The summed E-state index contributed by atoms with van der Waals surface area (Å²) in [6.45, 7) is 2.18. The third kappa shape index (κ3) is 6.05. The van der Waals surface area contributed by atoms with Crippen LogP contribution in [0.3, 0.4) is 0 Å². The van der Waals surface area contributed by atoms with Gasteiger partial charge in [0.15, 0.2) is 21.4 Å². The summed E-state index contributed by atoms with van der Waals surface area (Å²) in [6.07, 6.45) is 9.40. The molecule has 0 amide bonds. The molecule has 1 fully saturated rings. The second-order valence-corrected chi connectivity index (χ2v) is 11.1. The average Bonchev–Trinajstić information content (AvgIpc) is 3.28. The Bertz CT molecular complexity index is 1190. The molecule has 0 unspecified atom stereocenters. The second-order valence-electron chi connectivity index (χ2n) is 8.15. The van der Waals surface area contributed by atoms with Gasteiger partial charge in [-0.25, -0.2) is 27.8 Å². The molecule has 0 radical (unpaired) electrons. The van der Waals surface area contributed by atoms with E-state index < -0.39 is 15.7 Å². The molecule has 1 aromatic carbocycles. The van der Waals surface area contributed by atoms with Gasteiger partial charge in [-0.2, -0.15) is 0 Å². The molecule has 10 heteroatoms. The Morgan fingerprint density at radius 2 is 1.88 bits per heavy atom. The van der Waals surface area contributed by atoms with Gasteiger partial charge in [0.1, 0.15) is 12.7 Å². The van der Waals surface area contributed by atoms with E-state index in [4.69, 9.17) is 9.47 Å². The topological polar surface area (TPSA) is 91.3 Å². The van der Waals surface area contributed by atoms with Crippen LogP contribution in [0.15, 0.2) is 40.9 Å². The van der Waals surface area contributed by atoms with E-state index in [9.17, 15) is 12.8 Å². The lowest BCUT2D eigenvalue weighted by atomic mass is 9.88. The monoisotopic (exact) mass is 491 g/mol. The summed E-state index contributed by atoms with van der Waals surface area (Å²) in [7, 11) is -3.47. The highest BCUT2D eigenvalue weighted by atomic mass is 32.2. The number of aryl methyl sites for hydroxylation is 1. The van der Waals surface area contributed by atoms with Gasteiger partial charge < -0.3 is 9.47 Å². The molecular weight excluding hydrogens is 465 g/mol. The molecule has 2 heterocycles. The lowest BCUT2D eigenvalue weighted by molar-refractivity contribution is 0.134. The number of nitrogens with zero attached hydrogens (tertiary/aromatic N) is 3. The molecule has 0 aliphatic heterocycles. The highest BCUT2D eigenvalue weighted by molar-refractivity contribution is 7.90. The largest absolute Gasteiger partial charge is 0.484 e. The van der Waals surface area contributed by atoms with E-state index in [0.717, 1.165) is 60.7 Å². The van der Waals surface area contributed by atoms with Gasteiger partial charge in [0, 0.05) is 29.9 Å². The van der Waals surface area contributed by atoms with Crippen LogP contribution in [0, 0.1) is 5.82 Å². The highest BCUT2D eigenvalue weighted by Gasteiger charge is 2.26. The summed E-state index contributed by atoms with van der Waals surface area (Å²) < 4.78 is 48.7. The fraction of sp³-hybridized carbons (Fsp3) is 0.435. The molecule has 7 nitrogen and oxygen atoms in total. The molecule has 4 rings (SSSR count). The Labute approximate surface area is 197 Å². The number of sulfone groups is 1. The first-order chi connectivity index (χ1) is 15.8. The van der Waals surface area contributed by atoms with E-state index in [2.05, 4.69) is 21.9 Å². The molecule has 1 aliphatic rings. The summed E-state index contributed by atoms with van der Waals surface area (Å²) in [4.78, 5) is 13.2. The summed E-state index contributed by atoms with van der Waals surface area (Å²) in [5.74, 6) is -0.346. The predicted octanol–water partition coefficient (Wildman–Crippen LogP) is 4.72. The lowest BCUT2D eigenvalue weighted by Crippen LogP contribution is -2.24. The van der Waals surface area contributed by atoms with Crippen molar-refractivity contribution in [3.8, 4) is 11.8 Å². The molecule has 0 atom stereocenters. The first kappa shape index (κ1) is 23.6. The zero-order chi connectivity index (χ0) is 23.4. The van der Waals surface area contributed by atoms with Crippen LogP contribution in [-0.4, -0.2) is 35.7 Å². The van der Waals surface area contributed by atoms with Crippen LogP contribution in [0.4, 0.5) is 4.39 Å². The molecule has 0 saturated heterocycles. The fourth-order valence-electron chi connectivity index (χ4n) is 3.72. The van der Waals surface area contributed by atoms with Gasteiger partial charge in [-0.05, 0) is 55.9 Å². The number of benzene rings is 1. The van der Waals surface area contributed by atoms with Crippen molar-refractivity contribution in [2.45, 2.75) is 62.6 Å². The maximum atomic E-state index is 14.2. The standard InChI is InChI=1S/C23H26FN3O4S2/c1-3-15-11-25-23(26-12-15)31-18-6-4-16(5-7-18)22-27-17(14-32-22)13-30-21-9-8-19(10-20(21)24)33(2,28)29/h8-12,14,16,18H,3-7,13H2,1-2H3/t16-,18-. The molecular formula is C23H26FN3O4S2. The van der Waals surface area contributed by atoms with Crippen molar-refractivity contribution in [2.75, 3.05) is 6.26 Å². The minimum Gasteiger partial charge on any atom is -0.484 e. The third-order valence-corrected chi connectivity index (χ3v) is 7.83. The zero-order valence-corrected chi connectivity index (χ0v) is 20.2. The van der Waals surface area contributed by atoms with E-state index in [1.54, 1.807) is 23.7 Å². The minimum absolute atomic E-state index is 0.00351. The number of hydrogen-bond acceptors (Lipinski definition) is 8. The van der Waals surface area contributed by atoms with Crippen molar-refractivity contribution >= 4 is 21.2 Å². The summed E-state index contributed by atoms with van der Waals surface area (Å²) in [5, 5.41) is 2.97. The molecule has 0 N–H and O–H groups in total. The normalized spacial score (nSPS) is 18.8. The number of thiazole rings is 1. The Morgan fingerprint density at radius 3 is 2.52 bits per heavy atom. The van der Waals surface area contributed by atoms with Crippen LogP contribution in [0.1, 0.15) is 54.8 Å². The first-order valence-corrected chi connectivity index (χ1v) is 13.6. The molecule has 2 aromatic heterocycles. The van der Waals surface area contributed by atoms with Crippen molar-refractivity contribution < 1.29 is 22.3 Å². The van der Waals surface area contributed by atoms with E-state index in [0.29, 0.717) is 11.9 Å². The van der Waals surface area contributed by atoms with Crippen molar-refractivity contribution in [3.05, 3.63) is 58.1 Å². The molecule has 3 aromatic rings. The molecule has 1 saturated carbocycles. The van der Waals surface area contributed by atoms with E-state index in [-0.39, 0.29) is 23.4 Å². The first-order valence-electron chi connectivity index (χ1n) is 10.9. The molecule has 0 spiro atoms. The van der Waals surface area contributed by atoms with E-state index >= 15 is 0 Å². The summed E-state index contributed by atoms with van der Waals surface area (Å²) in [6, 6.07) is 4.08. The van der Waals surface area contributed by atoms with Gasteiger partial charge in [0.05, 0.1) is 15.6 Å². The van der Waals surface area contributed by atoms with Crippen LogP contribution < -0.4 is 9.47 Å². The van der Waals surface area contributed by atoms with Crippen molar-refractivity contribution in [3.63, 3.8) is 0 Å². The quantitative estimate of drug-likeness (QED) is 0.450. The zero-order valence-electron chi connectivity index (χ0n) is 18.5. The Balaban J connectivity index is 1.28. The maximum Gasteiger partial charge on any atom is 0.316 e. The van der Waals surface area contributed by atoms with Gasteiger partial charge in [0.2, 0.25) is 0 Å². The van der Waals surface area contributed by atoms with Crippen molar-refractivity contribution in [1.82, 2.24) is 15.0 Å². The average molecular weight is 492 g/mol. The molecule has 1 aliphatic carbocycles.